The summed E-state index contributed by atoms with van der Waals surface area (Å²) in [6.45, 7) is 3.39. The van der Waals surface area contributed by atoms with Gasteiger partial charge in [-0.25, -0.2) is 4.68 Å². The van der Waals surface area contributed by atoms with Crippen molar-refractivity contribution >= 4 is 5.97 Å². The number of hydrogen-bond acceptors (Lipinski definition) is 5. The van der Waals surface area contributed by atoms with Crippen LogP contribution in [0, 0.1) is 5.92 Å². The first-order valence-corrected chi connectivity index (χ1v) is 5.53. The molecule has 0 aliphatic rings. The number of carbonyl (C=O) groups is 1. The molecule has 0 fully saturated rings. The van der Waals surface area contributed by atoms with Crippen LogP contribution in [0.4, 0.5) is 0 Å². The van der Waals surface area contributed by atoms with Gasteiger partial charge in [0.1, 0.15) is 5.69 Å². The van der Waals surface area contributed by atoms with Crippen molar-refractivity contribution in [1.82, 2.24) is 25.2 Å². The molecule has 0 aliphatic carbocycles. The molecular weight excluding hydrogens is 234 g/mol. The normalized spacial score (nSPS) is 14.1. The van der Waals surface area contributed by atoms with Gasteiger partial charge in [-0.3, -0.25) is 9.78 Å². The Kier molecular flexibility index (Phi) is 3.31. The summed E-state index contributed by atoms with van der Waals surface area (Å²) in [5.41, 5.74) is 0.618. The number of rotatable bonds is 4. The van der Waals surface area contributed by atoms with E-state index >= 15 is 0 Å². The molecular formula is C11H13N5O2. The van der Waals surface area contributed by atoms with Crippen LogP contribution in [0.15, 0.2) is 24.4 Å². The van der Waals surface area contributed by atoms with Crippen molar-refractivity contribution in [2.24, 2.45) is 5.92 Å². The maximum Gasteiger partial charge on any atom is 0.308 e. The highest BCUT2D eigenvalue weighted by Gasteiger charge is 2.25. The lowest BCUT2D eigenvalue weighted by atomic mass is 10.0. The maximum atomic E-state index is 11.0. The molecule has 0 aliphatic heterocycles. The third-order valence-electron chi connectivity index (χ3n) is 2.89. The molecule has 2 unspecified atom stereocenters. The lowest BCUT2D eigenvalue weighted by Crippen LogP contribution is -2.23. The summed E-state index contributed by atoms with van der Waals surface area (Å²) < 4.78 is 1.49. The van der Waals surface area contributed by atoms with Crippen molar-refractivity contribution in [3.63, 3.8) is 0 Å². The molecule has 0 saturated heterocycles. The van der Waals surface area contributed by atoms with Gasteiger partial charge in [0.15, 0.2) is 0 Å². The third-order valence-corrected chi connectivity index (χ3v) is 2.89. The topological polar surface area (TPSA) is 93.8 Å². The average Bonchev–Trinajstić information content (AvgIpc) is 2.87. The van der Waals surface area contributed by atoms with E-state index in [1.807, 2.05) is 6.07 Å². The molecule has 94 valence electrons. The van der Waals surface area contributed by atoms with Gasteiger partial charge < -0.3 is 5.11 Å². The summed E-state index contributed by atoms with van der Waals surface area (Å²) in [4.78, 5) is 15.1. The second-order valence-corrected chi connectivity index (χ2v) is 4.03. The van der Waals surface area contributed by atoms with Gasteiger partial charge in [-0.1, -0.05) is 6.07 Å². The molecule has 7 heteroatoms. The van der Waals surface area contributed by atoms with Crippen LogP contribution < -0.4 is 0 Å². The fourth-order valence-corrected chi connectivity index (χ4v) is 1.55. The second-order valence-electron chi connectivity index (χ2n) is 4.03. The van der Waals surface area contributed by atoms with Gasteiger partial charge in [-0.15, -0.1) is 5.10 Å². The van der Waals surface area contributed by atoms with E-state index in [0.717, 1.165) is 0 Å². The summed E-state index contributed by atoms with van der Waals surface area (Å²) >= 11 is 0. The Labute approximate surface area is 103 Å². The first-order chi connectivity index (χ1) is 8.61. The highest BCUT2D eigenvalue weighted by molar-refractivity contribution is 5.70. The van der Waals surface area contributed by atoms with Crippen molar-refractivity contribution in [1.29, 1.82) is 0 Å². The monoisotopic (exact) mass is 247 g/mol. The molecule has 0 aromatic carbocycles. The summed E-state index contributed by atoms with van der Waals surface area (Å²) in [6, 6.07) is 5.04. The number of aliphatic carboxylic acids is 1. The molecule has 2 atom stereocenters. The molecule has 0 spiro atoms. The van der Waals surface area contributed by atoms with Crippen LogP contribution in [0.5, 0.6) is 0 Å². The number of aromatic nitrogens is 5. The van der Waals surface area contributed by atoms with Gasteiger partial charge in [0.05, 0.1) is 12.0 Å². The Balaban J connectivity index is 2.37. The summed E-state index contributed by atoms with van der Waals surface area (Å²) in [6.07, 6.45) is 1.64. The number of carboxylic acids is 1. The van der Waals surface area contributed by atoms with E-state index in [0.29, 0.717) is 11.5 Å². The van der Waals surface area contributed by atoms with Crippen molar-refractivity contribution in [2.45, 2.75) is 19.9 Å². The van der Waals surface area contributed by atoms with Gasteiger partial charge in [0.25, 0.3) is 0 Å². The number of tetrazole rings is 1. The molecule has 18 heavy (non-hydrogen) atoms. The van der Waals surface area contributed by atoms with E-state index in [4.69, 9.17) is 5.11 Å². The zero-order valence-corrected chi connectivity index (χ0v) is 10.1. The van der Waals surface area contributed by atoms with Crippen LogP contribution in [-0.2, 0) is 4.79 Å². The Bertz CT molecular complexity index is 539. The smallest absolute Gasteiger partial charge is 0.308 e. The lowest BCUT2D eigenvalue weighted by molar-refractivity contribution is -0.142. The van der Waals surface area contributed by atoms with Gasteiger partial charge in [0, 0.05) is 6.20 Å². The average molecular weight is 247 g/mol. The highest BCUT2D eigenvalue weighted by Crippen LogP contribution is 2.22. The quantitative estimate of drug-likeness (QED) is 0.866. The highest BCUT2D eigenvalue weighted by atomic mass is 16.4. The number of carboxylic acid groups (broad SMARTS) is 1. The molecule has 0 saturated carbocycles. The van der Waals surface area contributed by atoms with Gasteiger partial charge in [-0.05, 0) is 36.4 Å². The maximum absolute atomic E-state index is 11.0. The fraction of sp³-hybridized carbons (Fsp3) is 0.364. The molecule has 2 rings (SSSR count). The van der Waals surface area contributed by atoms with Crippen LogP contribution in [0.25, 0.3) is 11.5 Å². The molecule has 0 amide bonds. The third kappa shape index (κ3) is 2.20. The van der Waals surface area contributed by atoms with E-state index in [1.54, 1.807) is 32.2 Å². The summed E-state index contributed by atoms with van der Waals surface area (Å²) in [7, 11) is 0. The van der Waals surface area contributed by atoms with E-state index < -0.39 is 11.9 Å². The predicted octanol–water partition coefficient (Wildman–Crippen LogP) is 1.02. The summed E-state index contributed by atoms with van der Waals surface area (Å²) in [5.74, 6) is -1.00. The zero-order valence-electron chi connectivity index (χ0n) is 10.1. The van der Waals surface area contributed by atoms with Crippen LogP contribution >= 0.6 is 0 Å². The van der Waals surface area contributed by atoms with E-state index in [9.17, 15) is 4.79 Å². The van der Waals surface area contributed by atoms with Crippen molar-refractivity contribution in [3.8, 4) is 11.5 Å². The minimum atomic E-state index is -0.884. The van der Waals surface area contributed by atoms with Crippen LogP contribution in [0.2, 0.25) is 0 Å². The van der Waals surface area contributed by atoms with Crippen molar-refractivity contribution in [2.75, 3.05) is 0 Å². The largest absolute Gasteiger partial charge is 0.481 e. The lowest BCUT2D eigenvalue weighted by Gasteiger charge is -2.16. The first kappa shape index (κ1) is 12.2. The predicted molar refractivity (Wildman–Crippen MR) is 62.6 cm³/mol. The van der Waals surface area contributed by atoms with Crippen LogP contribution in [0.3, 0.4) is 0 Å². The molecule has 2 aromatic heterocycles. The molecule has 7 nitrogen and oxygen atoms in total. The first-order valence-electron chi connectivity index (χ1n) is 5.53. The SMILES string of the molecule is CC(C(=O)O)C(C)n1nnnc1-c1ccccn1. The molecule has 1 N–H and O–H groups in total. The van der Waals surface area contributed by atoms with Crippen LogP contribution in [0.1, 0.15) is 19.9 Å². The fourth-order valence-electron chi connectivity index (χ4n) is 1.55. The number of nitrogens with zero attached hydrogens (tertiary/aromatic N) is 5. The Morgan fingerprint density at radius 1 is 1.39 bits per heavy atom. The Hall–Kier alpha value is -2.31. The zero-order chi connectivity index (χ0) is 13.1. The van der Waals surface area contributed by atoms with Gasteiger partial charge in [-0.2, -0.15) is 0 Å². The minimum absolute atomic E-state index is 0.352. The summed E-state index contributed by atoms with van der Waals surface area (Å²) in [5, 5.41) is 20.4. The molecule has 0 radical (unpaired) electrons. The Morgan fingerprint density at radius 3 is 2.78 bits per heavy atom. The molecule has 0 bridgehead atoms. The van der Waals surface area contributed by atoms with E-state index in [-0.39, 0.29) is 6.04 Å². The second kappa shape index (κ2) is 4.91. The van der Waals surface area contributed by atoms with E-state index in [2.05, 4.69) is 20.5 Å². The van der Waals surface area contributed by atoms with E-state index in [1.165, 1.54) is 4.68 Å². The number of hydrogen-bond donors (Lipinski definition) is 1. The minimum Gasteiger partial charge on any atom is -0.481 e. The molecule has 2 aromatic rings. The van der Waals surface area contributed by atoms with Crippen molar-refractivity contribution in [3.05, 3.63) is 24.4 Å². The van der Waals surface area contributed by atoms with Gasteiger partial charge >= 0.3 is 5.97 Å². The molecule has 2 heterocycles. The number of pyridine rings is 1. The Morgan fingerprint density at radius 2 is 2.17 bits per heavy atom. The van der Waals surface area contributed by atoms with Crippen LogP contribution in [-0.4, -0.2) is 36.3 Å². The standard InChI is InChI=1S/C11H13N5O2/c1-7(11(17)18)8(2)16-10(13-14-15-16)9-5-3-4-6-12-9/h3-8H,1-2H3,(H,17,18). The van der Waals surface area contributed by atoms with Crippen molar-refractivity contribution < 1.29 is 9.90 Å². The van der Waals surface area contributed by atoms with Gasteiger partial charge in [0.2, 0.25) is 5.82 Å².